The second-order valence-corrected chi connectivity index (χ2v) is 5.80. The van der Waals surface area contributed by atoms with Gasteiger partial charge in [-0.1, -0.05) is 6.07 Å². The quantitative estimate of drug-likeness (QED) is 0.723. The van der Waals surface area contributed by atoms with E-state index in [9.17, 15) is 14.4 Å². The molecule has 126 valence electrons. The first-order valence-corrected chi connectivity index (χ1v) is 7.10. The van der Waals surface area contributed by atoms with E-state index >= 15 is 0 Å². The Balaban J connectivity index is 2.46. The molecule has 23 heavy (non-hydrogen) atoms. The van der Waals surface area contributed by atoms with E-state index in [2.05, 4.69) is 15.6 Å². The zero-order chi connectivity index (χ0) is 17.5. The molecule has 0 spiro atoms. The molecule has 0 unspecified atom stereocenters. The molecular weight excluding hydrogens is 302 g/mol. The van der Waals surface area contributed by atoms with Gasteiger partial charge in [-0.2, -0.15) is 0 Å². The Morgan fingerprint density at radius 1 is 1.30 bits per heavy atom. The van der Waals surface area contributed by atoms with Crippen molar-refractivity contribution >= 4 is 18.0 Å². The van der Waals surface area contributed by atoms with Crippen LogP contribution in [0.4, 0.5) is 4.79 Å². The highest BCUT2D eigenvalue weighted by molar-refractivity contribution is 5.92. The van der Waals surface area contributed by atoms with Crippen molar-refractivity contribution in [2.45, 2.75) is 38.8 Å². The molecule has 0 radical (unpaired) electrons. The van der Waals surface area contributed by atoms with E-state index < -0.39 is 29.6 Å². The molecule has 0 aliphatic rings. The molecule has 0 aliphatic heterocycles. The minimum atomic E-state index is -1.21. The Morgan fingerprint density at radius 2 is 2.00 bits per heavy atom. The van der Waals surface area contributed by atoms with Crippen LogP contribution in [0.2, 0.25) is 0 Å². The lowest BCUT2D eigenvalue weighted by atomic mass is 10.2. The highest BCUT2D eigenvalue weighted by Crippen LogP contribution is 2.07. The number of hydrogen-bond donors (Lipinski definition) is 3. The van der Waals surface area contributed by atoms with Gasteiger partial charge in [-0.15, -0.1) is 0 Å². The number of carboxylic acid groups (broad SMARTS) is 1. The van der Waals surface area contributed by atoms with E-state index in [0.717, 1.165) is 0 Å². The standard InChI is InChI=1S/C15H21N3O5/c1-15(2,3)23-14(22)18-11(13(20)21)7-9-17-12(19)10-6-4-5-8-16-10/h4-6,8,11H,7,9H2,1-3H3,(H,17,19)(H,18,22)(H,20,21)/t11-/m0/s1. The summed E-state index contributed by atoms with van der Waals surface area (Å²) in [6.07, 6.45) is 0.688. The molecule has 1 rings (SSSR count). The second-order valence-electron chi connectivity index (χ2n) is 5.80. The van der Waals surface area contributed by atoms with Crippen LogP contribution in [-0.2, 0) is 9.53 Å². The zero-order valence-corrected chi connectivity index (χ0v) is 13.3. The average Bonchev–Trinajstić information content (AvgIpc) is 2.44. The number of alkyl carbamates (subject to hydrolysis) is 1. The Hall–Kier alpha value is -2.64. The number of aliphatic carboxylic acids is 1. The van der Waals surface area contributed by atoms with E-state index in [4.69, 9.17) is 9.84 Å². The lowest BCUT2D eigenvalue weighted by molar-refractivity contribution is -0.139. The number of pyridine rings is 1. The molecule has 0 aromatic carbocycles. The number of carbonyl (C=O) groups is 3. The number of amides is 2. The predicted molar refractivity (Wildman–Crippen MR) is 82.0 cm³/mol. The number of hydrogen-bond acceptors (Lipinski definition) is 5. The fourth-order valence-corrected chi connectivity index (χ4v) is 1.62. The summed E-state index contributed by atoms with van der Waals surface area (Å²) in [5.41, 5.74) is -0.486. The van der Waals surface area contributed by atoms with Crippen molar-refractivity contribution < 1.29 is 24.2 Å². The van der Waals surface area contributed by atoms with Crippen molar-refractivity contribution in [3.8, 4) is 0 Å². The van der Waals surface area contributed by atoms with Gasteiger partial charge in [0.2, 0.25) is 0 Å². The molecule has 0 saturated carbocycles. The maximum atomic E-state index is 11.8. The van der Waals surface area contributed by atoms with Crippen LogP contribution >= 0.6 is 0 Å². The first-order valence-electron chi connectivity index (χ1n) is 7.10. The largest absolute Gasteiger partial charge is 0.480 e. The van der Waals surface area contributed by atoms with Gasteiger partial charge in [0.1, 0.15) is 17.3 Å². The summed E-state index contributed by atoms with van der Waals surface area (Å²) in [7, 11) is 0. The van der Waals surface area contributed by atoms with Crippen LogP contribution in [0.25, 0.3) is 0 Å². The number of ether oxygens (including phenoxy) is 1. The summed E-state index contributed by atoms with van der Waals surface area (Å²) in [6.45, 7) is 5.10. The van der Waals surface area contributed by atoms with Gasteiger partial charge in [0.25, 0.3) is 5.91 Å². The molecule has 0 saturated heterocycles. The molecule has 0 bridgehead atoms. The number of nitrogens with zero attached hydrogens (tertiary/aromatic N) is 1. The van der Waals surface area contributed by atoms with Gasteiger partial charge >= 0.3 is 12.1 Å². The van der Waals surface area contributed by atoms with Gasteiger partial charge in [0, 0.05) is 12.7 Å². The summed E-state index contributed by atoms with van der Waals surface area (Å²) in [6, 6.07) is 3.74. The zero-order valence-electron chi connectivity index (χ0n) is 13.3. The maximum absolute atomic E-state index is 11.8. The van der Waals surface area contributed by atoms with E-state index in [0.29, 0.717) is 0 Å². The summed E-state index contributed by atoms with van der Waals surface area (Å²) < 4.78 is 5.00. The van der Waals surface area contributed by atoms with Crippen LogP contribution < -0.4 is 10.6 Å². The monoisotopic (exact) mass is 323 g/mol. The van der Waals surface area contributed by atoms with Crippen LogP contribution in [0.15, 0.2) is 24.4 Å². The minimum absolute atomic E-state index is 0.0210. The fourth-order valence-electron chi connectivity index (χ4n) is 1.62. The molecule has 1 aromatic rings. The van der Waals surface area contributed by atoms with E-state index in [-0.39, 0.29) is 18.7 Å². The highest BCUT2D eigenvalue weighted by Gasteiger charge is 2.23. The van der Waals surface area contributed by atoms with Crippen LogP contribution in [-0.4, -0.2) is 46.2 Å². The van der Waals surface area contributed by atoms with Crippen molar-refractivity contribution in [1.82, 2.24) is 15.6 Å². The van der Waals surface area contributed by atoms with Crippen molar-refractivity contribution in [2.24, 2.45) is 0 Å². The van der Waals surface area contributed by atoms with Gasteiger partial charge in [0.15, 0.2) is 0 Å². The van der Waals surface area contributed by atoms with Gasteiger partial charge in [-0.05, 0) is 39.3 Å². The average molecular weight is 323 g/mol. The summed E-state index contributed by atoms with van der Waals surface area (Å²) >= 11 is 0. The van der Waals surface area contributed by atoms with E-state index in [1.807, 2.05) is 0 Å². The second kappa shape index (κ2) is 8.11. The topological polar surface area (TPSA) is 118 Å². The third kappa shape index (κ3) is 7.25. The molecule has 2 amide bonds. The van der Waals surface area contributed by atoms with E-state index in [1.165, 1.54) is 6.20 Å². The van der Waals surface area contributed by atoms with Crippen LogP contribution in [0.5, 0.6) is 0 Å². The molecule has 0 aliphatic carbocycles. The lowest BCUT2D eigenvalue weighted by Crippen LogP contribution is -2.45. The Morgan fingerprint density at radius 3 is 2.52 bits per heavy atom. The van der Waals surface area contributed by atoms with Gasteiger partial charge in [0.05, 0.1) is 0 Å². The van der Waals surface area contributed by atoms with Crippen LogP contribution in [0, 0.1) is 0 Å². The third-order valence-corrected chi connectivity index (χ3v) is 2.61. The first kappa shape index (κ1) is 18.4. The molecule has 8 heteroatoms. The molecule has 8 nitrogen and oxygen atoms in total. The third-order valence-electron chi connectivity index (χ3n) is 2.61. The Kier molecular flexibility index (Phi) is 6.49. The van der Waals surface area contributed by atoms with E-state index in [1.54, 1.807) is 39.0 Å². The summed E-state index contributed by atoms with van der Waals surface area (Å²) in [5.74, 6) is -1.62. The van der Waals surface area contributed by atoms with Gasteiger partial charge in [-0.3, -0.25) is 9.78 Å². The number of carboxylic acids is 1. The molecule has 0 fully saturated rings. The van der Waals surface area contributed by atoms with Gasteiger partial charge in [-0.25, -0.2) is 9.59 Å². The molecule has 1 atom stereocenters. The number of carbonyl (C=O) groups excluding carboxylic acids is 2. The van der Waals surface area contributed by atoms with Crippen molar-refractivity contribution in [2.75, 3.05) is 6.54 Å². The summed E-state index contributed by atoms with van der Waals surface area (Å²) in [4.78, 5) is 38.4. The molecule has 3 N–H and O–H groups in total. The number of nitrogens with one attached hydrogen (secondary N) is 2. The van der Waals surface area contributed by atoms with Crippen molar-refractivity contribution in [3.05, 3.63) is 30.1 Å². The Bertz CT molecular complexity index is 554. The SMILES string of the molecule is CC(C)(C)OC(=O)N[C@@H](CCNC(=O)c1ccccn1)C(=O)O. The first-order chi connectivity index (χ1) is 10.7. The molecular formula is C15H21N3O5. The van der Waals surface area contributed by atoms with Crippen LogP contribution in [0.3, 0.4) is 0 Å². The van der Waals surface area contributed by atoms with Crippen molar-refractivity contribution in [1.29, 1.82) is 0 Å². The lowest BCUT2D eigenvalue weighted by Gasteiger charge is -2.22. The normalized spacial score (nSPS) is 12.1. The van der Waals surface area contributed by atoms with Gasteiger partial charge < -0.3 is 20.5 Å². The fraction of sp³-hybridized carbons (Fsp3) is 0.467. The smallest absolute Gasteiger partial charge is 0.408 e. The minimum Gasteiger partial charge on any atom is -0.480 e. The van der Waals surface area contributed by atoms with Crippen LogP contribution in [0.1, 0.15) is 37.7 Å². The molecule has 1 aromatic heterocycles. The van der Waals surface area contributed by atoms with Crippen molar-refractivity contribution in [3.63, 3.8) is 0 Å². The Labute approximate surface area is 134 Å². The predicted octanol–water partition coefficient (Wildman–Crippen LogP) is 1.18. The maximum Gasteiger partial charge on any atom is 0.408 e. The number of aromatic nitrogens is 1. The molecule has 1 heterocycles. The summed E-state index contributed by atoms with van der Waals surface area (Å²) in [5, 5.41) is 13.9. The number of rotatable bonds is 6. The highest BCUT2D eigenvalue weighted by atomic mass is 16.6.